The van der Waals surface area contributed by atoms with Crippen molar-refractivity contribution in [2.75, 3.05) is 32.7 Å². The van der Waals surface area contributed by atoms with Crippen molar-refractivity contribution in [3.63, 3.8) is 0 Å². The van der Waals surface area contributed by atoms with E-state index in [1.54, 1.807) is 14.0 Å². The summed E-state index contributed by atoms with van der Waals surface area (Å²) < 4.78 is 34.5. The standard InChI is InChI=1S/C14H20O6S/c1-11-4-5-12(14(15)16)10-13(11)21(17,18)9-8-20-7-3-6-19-2/h4-5,10H,3,6-9H2,1-2H3,(H,15,16). The second-order valence-electron chi connectivity index (χ2n) is 4.56. The third-order valence-electron chi connectivity index (χ3n) is 2.90. The topological polar surface area (TPSA) is 89.9 Å². The van der Waals surface area contributed by atoms with E-state index in [0.29, 0.717) is 25.2 Å². The smallest absolute Gasteiger partial charge is 0.335 e. The van der Waals surface area contributed by atoms with Crippen molar-refractivity contribution in [3.8, 4) is 0 Å². The van der Waals surface area contributed by atoms with Crippen LogP contribution in [0, 0.1) is 6.92 Å². The minimum absolute atomic E-state index is 0.0415. The molecule has 1 N–H and O–H groups in total. The largest absolute Gasteiger partial charge is 0.478 e. The number of aromatic carboxylic acids is 1. The molecule has 0 aliphatic heterocycles. The summed E-state index contributed by atoms with van der Waals surface area (Å²) in [4.78, 5) is 11.0. The van der Waals surface area contributed by atoms with E-state index in [0.717, 1.165) is 0 Å². The van der Waals surface area contributed by atoms with Crippen molar-refractivity contribution in [1.82, 2.24) is 0 Å². The van der Waals surface area contributed by atoms with Gasteiger partial charge >= 0.3 is 5.97 Å². The number of methoxy groups -OCH3 is 1. The normalized spacial score (nSPS) is 11.5. The van der Waals surface area contributed by atoms with Crippen LogP contribution >= 0.6 is 0 Å². The molecule has 0 spiro atoms. The van der Waals surface area contributed by atoms with Crippen molar-refractivity contribution in [2.24, 2.45) is 0 Å². The number of aryl methyl sites for hydroxylation is 1. The molecule has 0 fully saturated rings. The van der Waals surface area contributed by atoms with Crippen LogP contribution in [0.25, 0.3) is 0 Å². The highest BCUT2D eigenvalue weighted by atomic mass is 32.2. The lowest BCUT2D eigenvalue weighted by molar-refractivity contribution is 0.0696. The van der Waals surface area contributed by atoms with Crippen LogP contribution in [-0.4, -0.2) is 52.2 Å². The molecule has 0 bridgehead atoms. The lowest BCUT2D eigenvalue weighted by Gasteiger charge is -2.09. The lowest BCUT2D eigenvalue weighted by Crippen LogP contribution is -2.15. The van der Waals surface area contributed by atoms with E-state index in [2.05, 4.69) is 0 Å². The molecule has 7 heteroatoms. The van der Waals surface area contributed by atoms with E-state index in [9.17, 15) is 13.2 Å². The first-order valence-corrected chi connectivity index (χ1v) is 8.17. The molecule has 0 saturated carbocycles. The molecule has 0 aliphatic carbocycles. The molecule has 0 heterocycles. The van der Waals surface area contributed by atoms with Crippen LogP contribution in [0.4, 0.5) is 0 Å². The number of ether oxygens (including phenoxy) is 2. The Labute approximate surface area is 124 Å². The maximum absolute atomic E-state index is 12.2. The van der Waals surface area contributed by atoms with Crippen LogP contribution in [0.1, 0.15) is 22.3 Å². The molecular weight excluding hydrogens is 296 g/mol. The second kappa shape index (κ2) is 8.11. The summed E-state index contributed by atoms with van der Waals surface area (Å²) in [6, 6.07) is 4.08. The minimum atomic E-state index is -3.56. The molecular formula is C14H20O6S. The van der Waals surface area contributed by atoms with Crippen LogP contribution in [0.3, 0.4) is 0 Å². The van der Waals surface area contributed by atoms with Gasteiger partial charge in [0.25, 0.3) is 0 Å². The van der Waals surface area contributed by atoms with Crippen LogP contribution in [0.2, 0.25) is 0 Å². The number of hydrogen-bond donors (Lipinski definition) is 1. The maximum atomic E-state index is 12.2. The highest BCUT2D eigenvalue weighted by Crippen LogP contribution is 2.18. The van der Waals surface area contributed by atoms with Crippen molar-refractivity contribution in [3.05, 3.63) is 29.3 Å². The zero-order valence-corrected chi connectivity index (χ0v) is 13.0. The molecule has 0 aromatic heterocycles. The third kappa shape index (κ3) is 5.45. The molecule has 0 radical (unpaired) electrons. The molecule has 118 valence electrons. The molecule has 6 nitrogen and oxygen atoms in total. The Bertz CT molecular complexity index is 579. The molecule has 1 rings (SSSR count). The monoisotopic (exact) mass is 316 g/mol. The maximum Gasteiger partial charge on any atom is 0.335 e. The average molecular weight is 316 g/mol. The summed E-state index contributed by atoms with van der Waals surface area (Å²) >= 11 is 0. The highest BCUT2D eigenvalue weighted by molar-refractivity contribution is 7.91. The highest BCUT2D eigenvalue weighted by Gasteiger charge is 2.19. The number of hydrogen-bond acceptors (Lipinski definition) is 5. The summed E-state index contributed by atoms with van der Waals surface area (Å²) in [6.07, 6.45) is 0.698. The van der Waals surface area contributed by atoms with E-state index in [4.69, 9.17) is 14.6 Å². The first kappa shape index (κ1) is 17.6. The molecule has 0 unspecified atom stereocenters. The van der Waals surface area contributed by atoms with Gasteiger partial charge in [0.05, 0.1) is 22.8 Å². The second-order valence-corrected chi connectivity index (χ2v) is 6.64. The molecule has 0 amide bonds. The Hall–Kier alpha value is -1.44. The Balaban J connectivity index is 2.70. The van der Waals surface area contributed by atoms with Gasteiger partial charge in [-0.15, -0.1) is 0 Å². The fourth-order valence-corrected chi connectivity index (χ4v) is 3.18. The predicted molar refractivity (Wildman–Crippen MR) is 77.5 cm³/mol. The quantitative estimate of drug-likeness (QED) is 0.695. The first-order chi connectivity index (χ1) is 9.88. The van der Waals surface area contributed by atoms with E-state index < -0.39 is 15.8 Å². The van der Waals surface area contributed by atoms with Gasteiger partial charge < -0.3 is 14.6 Å². The van der Waals surface area contributed by atoms with Crippen LogP contribution in [-0.2, 0) is 19.3 Å². The summed E-state index contributed by atoms with van der Waals surface area (Å²) in [5.41, 5.74) is 0.486. The van der Waals surface area contributed by atoms with E-state index in [-0.39, 0.29) is 22.8 Å². The van der Waals surface area contributed by atoms with Crippen LogP contribution in [0.15, 0.2) is 23.1 Å². The van der Waals surface area contributed by atoms with Crippen molar-refractivity contribution >= 4 is 15.8 Å². The summed E-state index contributed by atoms with van der Waals surface area (Å²) in [7, 11) is -1.97. The fourth-order valence-electron chi connectivity index (χ4n) is 1.75. The zero-order chi connectivity index (χ0) is 15.9. The zero-order valence-electron chi connectivity index (χ0n) is 12.2. The van der Waals surface area contributed by atoms with E-state index >= 15 is 0 Å². The van der Waals surface area contributed by atoms with Crippen LogP contribution < -0.4 is 0 Å². The predicted octanol–water partition coefficient (Wildman–Crippen LogP) is 1.52. The van der Waals surface area contributed by atoms with Crippen LogP contribution in [0.5, 0.6) is 0 Å². The van der Waals surface area contributed by atoms with E-state index in [1.165, 1.54) is 18.2 Å². The number of sulfone groups is 1. The van der Waals surface area contributed by atoms with Gasteiger partial charge in [-0.1, -0.05) is 6.07 Å². The Morgan fingerprint density at radius 2 is 1.95 bits per heavy atom. The summed E-state index contributed by atoms with van der Waals surface area (Å²) in [5, 5.41) is 8.93. The number of benzene rings is 1. The molecule has 0 aliphatic rings. The fraction of sp³-hybridized carbons (Fsp3) is 0.500. The van der Waals surface area contributed by atoms with Crippen molar-refractivity contribution < 1.29 is 27.8 Å². The van der Waals surface area contributed by atoms with Crippen molar-refractivity contribution in [1.29, 1.82) is 0 Å². The van der Waals surface area contributed by atoms with Gasteiger partial charge in [0.15, 0.2) is 9.84 Å². The van der Waals surface area contributed by atoms with Gasteiger partial charge in [-0.05, 0) is 31.0 Å². The third-order valence-corrected chi connectivity index (χ3v) is 4.72. The SMILES string of the molecule is COCCCOCCS(=O)(=O)c1cc(C(=O)O)ccc1C. The number of carboxylic acids is 1. The Morgan fingerprint density at radius 1 is 1.24 bits per heavy atom. The minimum Gasteiger partial charge on any atom is -0.478 e. The molecule has 21 heavy (non-hydrogen) atoms. The Morgan fingerprint density at radius 3 is 2.57 bits per heavy atom. The number of carbonyl (C=O) groups is 1. The van der Waals surface area contributed by atoms with Gasteiger partial charge in [0, 0.05) is 20.3 Å². The Kier molecular flexibility index (Phi) is 6.80. The van der Waals surface area contributed by atoms with Gasteiger partial charge in [0.1, 0.15) is 0 Å². The van der Waals surface area contributed by atoms with Gasteiger partial charge in [0.2, 0.25) is 0 Å². The average Bonchev–Trinajstić information content (AvgIpc) is 2.42. The van der Waals surface area contributed by atoms with Gasteiger partial charge in [-0.2, -0.15) is 0 Å². The number of rotatable bonds is 9. The van der Waals surface area contributed by atoms with Crippen molar-refractivity contribution in [2.45, 2.75) is 18.2 Å². The lowest BCUT2D eigenvalue weighted by atomic mass is 10.1. The number of carboxylic acid groups (broad SMARTS) is 1. The molecule has 1 aromatic rings. The van der Waals surface area contributed by atoms with E-state index in [1.807, 2.05) is 0 Å². The summed E-state index contributed by atoms with van der Waals surface area (Å²) in [6.45, 7) is 2.70. The molecule has 0 atom stereocenters. The molecule has 0 saturated heterocycles. The molecule has 1 aromatic carbocycles. The van der Waals surface area contributed by atoms with Gasteiger partial charge in [-0.25, -0.2) is 13.2 Å². The summed E-state index contributed by atoms with van der Waals surface area (Å²) in [5.74, 6) is -1.33. The first-order valence-electron chi connectivity index (χ1n) is 6.52. The van der Waals surface area contributed by atoms with Gasteiger partial charge in [-0.3, -0.25) is 0 Å².